The van der Waals surface area contributed by atoms with E-state index in [-0.39, 0.29) is 5.91 Å². The van der Waals surface area contributed by atoms with Gasteiger partial charge in [0.2, 0.25) is 5.91 Å². The highest BCUT2D eigenvalue weighted by molar-refractivity contribution is 7.14. The summed E-state index contributed by atoms with van der Waals surface area (Å²) in [5, 5.41) is 5.92. The maximum atomic E-state index is 11.9. The van der Waals surface area contributed by atoms with Crippen LogP contribution in [0.25, 0.3) is 17.3 Å². The molecule has 0 aliphatic heterocycles. The molecule has 0 atom stereocenters. The van der Waals surface area contributed by atoms with Crippen LogP contribution in [0.4, 0.5) is 5.13 Å². The van der Waals surface area contributed by atoms with Gasteiger partial charge in [-0.1, -0.05) is 54.1 Å². The molecule has 1 amide bonds. The minimum Gasteiger partial charge on any atom is -0.298 e. The molecule has 1 heterocycles. The van der Waals surface area contributed by atoms with Crippen LogP contribution in [0, 0.1) is 0 Å². The van der Waals surface area contributed by atoms with Crippen molar-refractivity contribution in [2.45, 2.75) is 0 Å². The summed E-state index contributed by atoms with van der Waals surface area (Å²) >= 11 is 7.26. The second-order valence-corrected chi connectivity index (χ2v) is 6.07. The highest BCUT2D eigenvalue weighted by atomic mass is 35.5. The molecular formula is C18H13ClN2OS. The standard InChI is InChI=1S/C18H13ClN2OS/c19-15-9-7-14(8-10-15)16-12-23-18(20-16)21-17(22)11-6-13-4-2-1-3-5-13/h1-12H,(H,20,21,22)/b11-6-. The lowest BCUT2D eigenvalue weighted by Crippen LogP contribution is -2.07. The Balaban J connectivity index is 1.66. The third-order valence-electron chi connectivity index (χ3n) is 3.10. The summed E-state index contributed by atoms with van der Waals surface area (Å²) in [5.41, 5.74) is 2.75. The fourth-order valence-corrected chi connectivity index (χ4v) is 2.82. The number of halogens is 1. The van der Waals surface area contributed by atoms with E-state index in [1.165, 1.54) is 17.4 Å². The maximum Gasteiger partial charge on any atom is 0.250 e. The normalized spacial score (nSPS) is 10.8. The van der Waals surface area contributed by atoms with Crippen molar-refractivity contribution in [3.8, 4) is 11.3 Å². The predicted octanol–water partition coefficient (Wildman–Crippen LogP) is 5.12. The molecule has 0 bridgehead atoms. The maximum absolute atomic E-state index is 11.9. The number of hydrogen-bond acceptors (Lipinski definition) is 3. The van der Waals surface area contributed by atoms with Crippen molar-refractivity contribution in [3.63, 3.8) is 0 Å². The summed E-state index contributed by atoms with van der Waals surface area (Å²) in [4.78, 5) is 16.3. The summed E-state index contributed by atoms with van der Waals surface area (Å²) in [6.07, 6.45) is 3.27. The molecule has 1 N–H and O–H groups in total. The van der Waals surface area contributed by atoms with Gasteiger partial charge in [0.05, 0.1) is 5.69 Å². The monoisotopic (exact) mass is 340 g/mol. The molecule has 3 nitrogen and oxygen atoms in total. The lowest BCUT2D eigenvalue weighted by Gasteiger charge is -1.97. The minimum absolute atomic E-state index is 0.203. The van der Waals surface area contributed by atoms with Crippen molar-refractivity contribution in [2.24, 2.45) is 0 Å². The van der Waals surface area contributed by atoms with E-state index in [0.29, 0.717) is 10.2 Å². The van der Waals surface area contributed by atoms with Gasteiger partial charge in [-0.3, -0.25) is 10.1 Å². The van der Waals surface area contributed by atoms with Gasteiger partial charge in [-0.05, 0) is 23.8 Å². The van der Waals surface area contributed by atoms with E-state index in [9.17, 15) is 4.79 Å². The fourth-order valence-electron chi connectivity index (χ4n) is 1.97. The smallest absolute Gasteiger partial charge is 0.250 e. The number of rotatable bonds is 4. The zero-order valence-electron chi connectivity index (χ0n) is 12.1. The van der Waals surface area contributed by atoms with Crippen molar-refractivity contribution in [3.05, 3.63) is 76.6 Å². The zero-order valence-corrected chi connectivity index (χ0v) is 13.6. The van der Waals surface area contributed by atoms with Crippen LogP contribution in [0.1, 0.15) is 5.56 Å². The highest BCUT2D eigenvalue weighted by Crippen LogP contribution is 2.25. The number of thiazole rings is 1. The number of benzene rings is 2. The van der Waals surface area contributed by atoms with E-state index in [2.05, 4.69) is 10.3 Å². The van der Waals surface area contributed by atoms with Crippen LogP contribution in [-0.2, 0) is 4.79 Å². The molecule has 0 unspecified atom stereocenters. The van der Waals surface area contributed by atoms with Gasteiger partial charge in [0.1, 0.15) is 0 Å². The van der Waals surface area contributed by atoms with Crippen LogP contribution in [0.3, 0.4) is 0 Å². The molecule has 23 heavy (non-hydrogen) atoms. The Hall–Kier alpha value is -2.43. The topological polar surface area (TPSA) is 42.0 Å². The van der Waals surface area contributed by atoms with Gasteiger partial charge in [-0.15, -0.1) is 11.3 Å². The first-order chi connectivity index (χ1) is 11.2. The van der Waals surface area contributed by atoms with Gasteiger partial charge < -0.3 is 0 Å². The van der Waals surface area contributed by atoms with Crippen molar-refractivity contribution >= 4 is 40.1 Å². The molecule has 5 heteroatoms. The summed E-state index contributed by atoms with van der Waals surface area (Å²) in [6.45, 7) is 0. The summed E-state index contributed by atoms with van der Waals surface area (Å²) in [7, 11) is 0. The molecule has 0 spiro atoms. The molecule has 114 valence electrons. The Kier molecular flexibility index (Phi) is 4.86. The largest absolute Gasteiger partial charge is 0.298 e. The Morgan fingerprint density at radius 1 is 1.09 bits per heavy atom. The third-order valence-corrected chi connectivity index (χ3v) is 4.11. The Labute approximate surface area is 143 Å². The van der Waals surface area contributed by atoms with Crippen molar-refractivity contribution in [2.75, 3.05) is 5.32 Å². The zero-order chi connectivity index (χ0) is 16.1. The van der Waals surface area contributed by atoms with Gasteiger partial charge in [-0.2, -0.15) is 0 Å². The number of carbonyl (C=O) groups is 1. The van der Waals surface area contributed by atoms with Gasteiger partial charge >= 0.3 is 0 Å². The van der Waals surface area contributed by atoms with Crippen LogP contribution >= 0.6 is 22.9 Å². The highest BCUT2D eigenvalue weighted by Gasteiger charge is 2.06. The van der Waals surface area contributed by atoms with E-state index in [4.69, 9.17) is 11.6 Å². The SMILES string of the molecule is O=C(/C=C\c1ccccc1)Nc1nc(-c2ccc(Cl)cc2)cs1. The quantitative estimate of drug-likeness (QED) is 0.670. The van der Waals surface area contributed by atoms with Gasteiger partial charge in [-0.25, -0.2) is 4.98 Å². The van der Waals surface area contributed by atoms with Gasteiger partial charge in [0.25, 0.3) is 0 Å². The number of carbonyl (C=O) groups excluding carboxylic acids is 1. The van der Waals surface area contributed by atoms with Gasteiger partial charge in [0, 0.05) is 22.0 Å². The number of anilines is 1. The first-order valence-electron chi connectivity index (χ1n) is 6.96. The Morgan fingerprint density at radius 2 is 1.83 bits per heavy atom. The second kappa shape index (κ2) is 7.22. The Bertz CT molecular complexity index is 826. The van der Waals surface area contributed by atoms with Crippen LogP contribution in [0.2, 0.25) is 5.02 Å². The fraction of sp³-hybridized carbons (Fsp3) is 0. The van der Waals surface area contributed by atoms with Crippen LogP contribution < -0.4 is 5.32 Å². The van der Waals surface area contributed by atoms with Crippen LogP contribution in [0.15, 0.2) is 66.1 Å². The Morgan fingerprint density at radius 3 is 2.57 bits per heavy atom. The molecular weight excluding hydrogens is 328 g/mol. The molecule has 1 aromatic heterocycles. The first kappa shape index (κ1) is 15.5. The summed E-state index contributed by atoms with van der Waals surface area (Å²) in [6, 6.07) is 17.1. The van der Waals surface area contributed by atoms with Crippen LogP contribution in [0.5, 0.6) is 0 Å². The molecule has 2 aromatic carbocycles. The first-order valence-corrected chi connectivity index (χ1v) is 8.22. The lowest BCUT2D eigenvalue weighted by atomic mass is 10.2. The molecule has 0 saturated heterocycles. The molecule has 3 aromatic rings. The lowest BCUT2D eigenvalue weighted by molar-refractivity contribution is -0.111. The number of amides is 1. The summed E-state index contributed by atoms with van der Waals surface area (Å²) < 4.78 is 0. The average molecular weight is 341 g/mol. The van der Waals surface area contributed by atoms with Gasteiger partial charge in [0.15, 0.2) is 5.13 Å². The summed E-state index contributed by atoms with van der Waals surface area (Å²) in [5.74, 6) is -0.203. The van der Waals surface area contributed by atoms with Crippen molar-refractivity contribution < 1.29 is 4.79 Å². The van der Waals surface area contributed by atoms with Crippen LogP contribution in [-0.4, -0.2) is 10.9 Å². The van der Waals surface area contributed by atoms with E-state index in [1.807, 2.05) is 60.0 Å². The van der Waals surface area contributed by atoms with Crippen molar-refractivity contribution in [1.82, 2.24) is 4.98 Å². The van der Waals surface area contributed by atoms with E-state index < -0.39 is 0 Å². The average Bonchev–Trinajstić information content (AvgIpc) is 3.03. The number of hydrogen-bond donors (Lipinski definition) is 1. The molecule has 0 fully saturated rings. The molecule has 0 radical (unpaired) electrons. The molecule has 0 aliphatic carbocycles. The number of nitrogens with zero attached hydrogens (tertiary/aromatic N) is 1. The predicted molar refractivity (Wildman–Crippen MR) is 96.7 cm³/mol. The van der Waals surface area contributed by atoms with E-state index in [1.54, 1.807) is 6.08 Å². The van der Waals surface area contributed by atoms with Crippen molar-refractivity contribution in [1.29, 1.82) is 0 Å². The minimum atomic E-state index is -0.203. The number of aromatic nitrogens is 1. The second-order valence-electron chi connectivity index (χ2n) is 4.78. The van der Waals surface area contributed by atoms with E-state index in [0.717, 1.165) is 16.8 Å². The molecule has 3 rings (SSSR count). The number of nitrogens with one attached hydrogen (secondary N) is 1. The molecule has 0 aliphatic rings. The third kappa shape index (κ3) is 4.28. The molecule has 0 saturated carbocycles. The van der Waals surface area contributed by atoms with E-state index >= 15 is 0 Å².